The summed E-state index contributed by atoms with van der Waals surface area (Å²) in [7, 11) is -1.87. The molecule has 6 nitrogen and oxygen atoms in total. The van der Waals surface area contributed by atoms with Gasteiger partial charge in [-0.1, -0.05) is 41.5 Å². The van der Waals surface area contributed by atoms with Crippen molar-refractivity contribution in [3.05, 3.63) is 18.2 Å². The third-order valence-electron chi connectivity index (χ3n) is 8.86. The van der Waals surface area contributed by atoms with Crippen LogP contribution in [0.2, 0.25) is 31.2 Å². The maximum Gasteiger partial charge on any atom is 0.495 e. The first-order valence-electron chi connectivity index (χ1n) is 13.7. The van der Waals surface area contributed by atoms with Gasteiger partial charge in [-0.2, -0.15) is 0 Å². The van der Waals surface area contributed by atoms with E-state index in [0.717, 1.165) is 17.0 Å². The van der Waals surface area contributed by atoms with Crippen molar-refractivity contribution >= 4 is 40.4 Å². The normalized spacial score (nSPS) is 19.5. The van der Waals surface area contributed by atoms with Crippen LogP contribution in [0, 0.1) is 11.3 Å². The van der Waals surface area contributed by atoms with Gasteiger partial charge in [0, 0.05) is 17.4 Å². The summed E-state index contributed by atoms with van der Waals surface area (Å²) in [6, 6.07) is 6.09. The standard InChI is InChI=1S/C28H51BO6Si3/c1-19(26(6,7)24(31-36-12)32-37-13)20(2)30-22-16-21(29-34-27(8,9)28(10,11)35-29)17-23(18-22)33-38(14,15)25(3,4)5/h16-20,24H,1-15H3/t19-,20+/m1/s1. The summed E-state index contributed by atoms with van der Waals surface area (Å²) in [6.07, 6.45) is -0.391. The first-order valence-corrected chi connectivity index (χ1v) is 19.4. The van der Waals surface area contributed by atoms with E-state index < -0.39 is 26.6 Å². The second kappa shape index (κ2) is 12.1. The van der Waals surface area contributed by atoms with Gasteiger partial charge in [0.05, 0.1) is 17.3 Å². The fraction of sp³-hybridized carbons (Fsp3) is 0.786. The second-order valence-corrected chi connectivity index (χ2v) is 19.6. The lowest BCUT2D eigenvalue weighted by Gasteiger charge is -2.41. The van der Waals surface area contributed by atoms with Crippen LogP contribution in [0.15, 0.2) is 18.2 Å². The van der Waals surface area contributed by atoms with Crippen molar-refractivity contribution in [2.24, 2.45) is 11.3 Å². The van der Waals surface area contributed by atoms with E-state index in [1.54, 1.807) is 0 Å². The third kappa shape index (κ3) is 7.56. The zero-order valence-electron chi connectivity index (χ0n) is 26.5. The van der Waals surface area contributed by atoms with Crippen LogP contribution < -0.4 is 14.6 Å². The quantitative estimate of drug-likeness (QED) is 0.209. The molecule has 0 N–H and O–H groups in total. The molecular formula is C28H51BO6Si3. The Morgan fingerprint density at radius 3 is 1.76 bits per heavy atom. The van der Waals surface area contributed by atoms with Crippen molar-refractivity contribution < 1.29 is 27.3 Å². The molecule has 1 fully saturated rings. The highest BCUT2D eigenvalue weighted by Crippen LogP contribution is 2.41. The Hall–Kier alpha value is -0.624. The van der Waals surface area contributed by atoms with E-state index >= 15 is 0 Å². The average Bonchev–Trinajstić information content (AvgIpc) is 2.98. The van der Waals surface area contributed by atoms with Crippen LogP contribution in [0.1, 0.15) is 76.2 Å². The molecule has 0 saturated carbocycles. The van der Waals surface area contributed by atoms with Gasteiger partial charge in [0.25, 0.3) is 0 Å². The zero-order valence-corrected chi connectivity index (χ0v) is 29.5. The molecule has 0 amide bonds. The minimum Gasteiger partial charge on any atom is -0.543 e. The molecule has 2 atom stereocenters. The van der Waals surface area contributed by atoms with Gasteiger partial charge in [-0.25, -0.2) is 0 Å². The van der Waals surface area contributed by atoms with Crippen LogP contribution in [-0.2, 0) is 18.2 Å². The summed E-state index contributed by atoms with van der Waals surface area (Å²) in [5, 5.41) is 0.0646. The first kappa shape index (κ1) is 33.6. The van der Waals surface area contributed by atoms with E-state index in [2.05, 4.69) is 95.3 Å². The average molecular weight is 579 g/mol. The predicted octanol–water partition coefficient (Wildman–Crippen LogP) is 6.49. The van der Waals surface area contributed by atoms with Crippen molar-refractivity contribution in [2.75, 3.05) is 0 Å². The van der Waals surface area contributed by atoms with E-state index in [4.69, 9.17) is 27.3 Å². The Morgan fingerprint density at radius 1 is 0.842 bits per heavy atom. The molecule has 214 valence electrons. The summed E-state index contributed by atoms with van der Waals surface area (Å²) in [4.78, 5) is 0. The largest absolute Gasteiger partial charge is 0.543 e. The minimum absolute atomic E-state index is 0.0646. The van der Waals surface area contributed by atoms with Gasteiger partial charge in [-0.05, 0) is 83.4 Å². The maximum absolute atomic E-state index is 6.73. The molecule has 0 unspecified atom stereocenters. The molecule has 2 rings (SSSR count). The summed E-state index contributed by atoms with van der Waals surface area (Å²) < 4.78 is 38.2. The number of rotatable bonds is 12. The smallest absolute Gasteiger partial charge is 0.495 e. The molecule has 1 saturated heterocycles. The highest BCUT2D eigenvalue weighted by atomic mass is 28.4. The van der Waals surface area contributed by atoms with Gasteiger partial charge in [0.15, 0.2) is 0 Å². The van der Waals surface area contributed by atoms with E-state index in [0.29, 0.717) is 19.5 Å². The van der Waals surface area contributed by atoms with Gasteiger partial charge in [-0.3, -0.25) is 0 Å². The molecule has 1 aromatic carbocycles. The van der Waals surface area contributed by atoms with Crippen molar-refractivity contribution in [1.29, 1.82) is 0 Å². The molecule has 1 aliphatic heterocycles. The van der Waals surface area contributed by atoms with Crippen LogP contribution in [0.4, 0.5) is 0 Å². The van der Waals surface area contributed by atoms with E-state index in [1.807, 2.05) is 25.2 Å². The van der Waals surface area contributed by atoms with Crippen molar-refractivity contribution in [1.82, 2.24) is 0 Å². The fourth-order valence-electron chi connectivity index (χ4n) is 3.96. The number of hydrogen-bond donors (Lipinski definition) is 0. The van der Waals surface area contributed by atoms with Crippen LogP contribution in [0.3, 0.4) is 0 Å². The monoisotopic (exact) mass is 578 g/mol. The number of hydrogen-bond acceptors (Lipinski definition) is 6. The van der Waals surface area contributed by atoms with Gasteiger partial charge in [-0.15, -0.1) is 0 Å². The van der Waals surface area contributed by atoms with E-state index in [9.17, 15) is 0 Å². The minimum atomic E-state index is -2.08. The number of ether oxygens (including phenoxy) is 1. The summed E-state index contributed by atoms with van der Waals surface area (Å²) in [5.41, 5.74) is -0.224. The Balaban J connectivity index is 2.43. The van der Waals surface area contributed by atoms with Gasteiger partial charge in [0.2, 0.25) is 27.8 Å². The highest BCUT2D eigenvalue weighted by molar-refractivity contribution is 6.74. The Kier molecular flexibility index (Phi) is 10.7. The van der Waals surface area contributed by atoms with Gasteiger partial charge in [0.1, 0.15) is 17.8 Å². The van der Waals surface area contributed by atoms with Crippen LogP contribution in [-0.4, -0.2) is 58.6 Å². The third-order valence-corrected chi connectivity index (χ3v) is 14.1. The highest BCUT2D eigenvalue weighted by Gasteiger charge is 2.52. The molecule has 1 heterocycles. The first-order chi connectivity index (χ1) is 17.2. The Labute approximate surface area is 239 Å². The summed E-state index contributed by atoms with van der Waals surface area (Å²) in [6.45, 7) is 32.3. The molecule has 38 heavy (non-hydrogen) atoms. The van der Waals surface area contributed by atoms with Gasteiger partial charge < -0.3 is 27.3 Å². The summed E-state index contributed by atoms with van der Waals surface area (Å²) >= 11 is 0. The fourth-order valence-corrected chi connectivity index (χ4v) is 6.20. The maximum atomic E-state index is 6.73. The Morgan fingerprint density at radius 2 is 1.32 bits per heavy atom. The molecule has 0 spiro atoms. The van der Waals surface area contributed by atoms with Crippen molar-refractivity contribution in [3.8, 4) is 11.5 Å². The lowest BCUT2D eigenvalue weighted by atomic mass is 9.76. The SMILES string of the molecule is C[Si]OC(O[Si]C)C(C)(C)[C@H](C)[C@H](C)Oc1cc(O[Si](C)(C)C(C)(C)C)cc(B2OC(C)(C)C(C)(C)O2)c1. The molecule has 1 aromatic rings. The molecule has 4 radical (unpaired) electrons. The predicted molar refractivity (Wildman–Crippen MR) is 162 cm³/mol. The lowest BCUT2D eigenvalue weighted by Crippen LogP contribution is -2.45. The number of benzene rings is 1. The molecule has 0 aromatic heterocycles. The van der Waals surface area contributed by atoms with E-state index in [1.165, 1.54) is 0 Å². The Bertz CT molecular complexity index is 910. The second-order valence-electron chi connectivity index (χ2n) is 13.6. The molecular weight excluding hydrogens is 527 g/mol. The van der Waals surface area contributed by atoms with E-state index in [-0.39, 0.29) is 28.8 Å². The van der Waals surface area contributed by atoms with Crippen LogP contribution >= 0.6 is 0 Å². The topological polar surface area (TPSA) is 55.4 Å². The van der Waals surface area contributed by atoms with Crippen LogP contribution in [0.25, 0.3) is 0 Å². The lowest BCUT2D eigenvalue weighted by molar-refractivity contribution is -0.117. The molecule has 1 aliphatic rings. The molecule has 10 heteroatoms. The van der Waals surface area contributed by atoms with Crippen molar-refractivity contribution in [2.45, 2.75) is 131 Å². The molecule has 0 bridgehead atoms. The van der Waals surface area contributed by atoms with Gasteiger partial charge >= 0.3 is 7.12 Å². The van der Waals surface area contributed by atoms with Crippen LogP contribution in [0.5, 0.6) is 11.5 Å². The zero-order chi connectivity index (χ0) is 29.3. The molecule has 0 aliphatic carbocycles. The van der Waals surface area contributed by atoms with Crippen molar-refractivity contribution in [3.63, 3.8) is 0 Å². The summed E-state index contributed by atoms with van der Waals surface area (Å²) in [5.74, 6) is 1.68.